The van der Waals surface area contributed by atoms with Crippen molar-refractivity contribution >= 4 is 115 Å². The van der Waals surface area contributed by atoms with E-state index in [9.17, 15) is 4.79 Å². The molecule has 8 heterocycles. The van der Waals surface area contributed by atoms with Crippen molar-refractivity contribution in [1.29, 1.82) is 0 Å². The number of carbonyl (C=O) groups excluding carboxylic acids is 1. The van der Waals surface area contributed by atoms with Crippen molar-refractivity contribution in [3.05, 3.63) is 156 Å². The highest BCUT2D eigenvalue weighted by Crippen LogP contribution is 2.42. The molecule has 2 aromatic carbocycles. The number of anilines is 16. The molecule has 10 rings (SSSR count). The standard InChI is InChI=1S/2C30H37N7Si.C4H8O2/c2*1-21-18-23-22(20-38(6,7)8)24(19-21)35(3)26-13-10-15-28(32-26)37(5)30-17-11-16-29(33-30)36(4)27-14-9-12-25(31-27)34(23)2;1-3-6-4(2)5/h2*9-19H,20H2,1-8H3;3H2,1-2H3. The van der Waals surface area contributed by atoms with E-state index in [1.807, 2.05) is 108 Å². The first kappa shape index (κ1) is 59.8. The summed E-state index contributed by atoms with van der Waals surface area (Å²) in [4.78, 5) is 57.1. The Labute approximate surface area is 488 Å². The van der Waals surface area contributed by atoms with Gasteiger partial charge in [0.2, 0.25) is 0 Å². The summed E-state index contributed by atoms with van der Waals surface area (Å²) in [5, 5.41) is 0. The average Bonchev–Trinajstić information content (AvgIpc) is 3.60. The summed E-state index contributed by atoms with van der Waals surface area (Å²) < 4.78 is 4.40. The van der Waals surface area contributed by atoms with E-state index in [1.54, 1.807) is 6.92 Å². The topological polar surface area (TPSA) is 130 Å². The van der Waals surface area contributed by atoms with Crippen LogP contribution >= 0.6 is 0 Å². The monoisotopic (exact) mass is 1130 g/mol. The molecule has 2 aliphatic heterocycles. The molecule has 0 saturated carbocycles. The van der Waals surface area contributed by atoms with Crippen LogP contribution in [0.15, 0.2) is 133 Å². The number of esters is 1. The molecule has 18 heteroatoms. The summed E-state index contributed by atoms with van der Waals surface area (Å²) in [6, 6.07) is 48.0. The summed E-state index contributed by atoms with van der Waals surface area (Å²) in [7, 11) is 13.6. The fraction of sp³-hybridized carbons (Fsp3) is 0.328. The molecule has 0 unspecified atom stereocenters. The van der Waals surface area contributed by atoms with E-state index in [2.05, 4.69) is 178 Å². The quantitative estimate of drug-likeness (QED) is 0.120. The molecule has 8 aromatic rings. The summed E-state index contributed by atoms with van der Waals surface area (Å²) in [6.07, 6.45) is 0. The Bertz CT molecular complexity index is 3150. The largest absolute Gasteiger partial charge is 0.466 e. The number of rotatable bonds is 5. The van der Waals surface area contributed by atoms with Crippen molar-refractivity contribution < 1.29 is 9.53 Å². The van der Waals surface area contributed by atoms with Gasteiger partial charge in [-0.05, 0) is 152 Å². The van der Waals surface area contributed by atoms with Crippen molar-refractivity contribution in [2.45, 2.75) is 79.1 Å². The van der Waals surface area contributed by atoms with Crippen LogP contribution in [0, 0.1) is 13.8 Å². The van der Waals surface area contributed by atoms with Crippen molar-refractivity contribution in [2.24, 2.45) is 0 Å². The van der Waals surface area contributed by atoms with E-state index in [4.69, 9.17) is 29.9 Å². The van der Waals surface area contributed by atoms with Crippen LogP contribution in [0.4, 0.5) is 92.6 Å². The Morgan fingerprint density at radius 3 is 0.695 bits per heavy atom. The molecule has 0 atom stereocenters. The Morgan fingerprint density at radius 1 is 0.366 bits per heavy atom. The Kier molecular flexibility index (Phi) is 18.1. The van der Waals surface area contributed by atoms with Gasteiger partial charge in [-0.1, -0.05) is 75.7 Å². The normalized spacial score (nSPS) is 13.2. The smallest absolute Gasteiger partial charge is 0.302 e. The Hall–Kier alpha value is -8.36. The van der Waals surface area contributed by atoms with Crippen LogP contribution in [-0.2, 0) is 21.6 Å². The molecule has 0 aliphatic carbocycles. The van der Waals surface area contributed by atoms with Crippen molar-refractivity contribution in [3.63, 3.8) is 0 Å². The zero-order chi connectivity index (χ0) is 59.4. The van der Waals surface area contributed by atoms with Gasteiger partial charge in [-0.15, -0.1) is 0 Å². The van der Waals surface area contributed by atoms with Gasteiger partial charge in [0, 0.05) is 102 Å². The maximum atomic E-state index is 9.82. The van der Waals surface area contributed by atoms with E-state index in [0.29, 0.717) is 6.61 Å². The van der Waals surface area contributed by atoms with Crippen LogP contribution in [0.2, 0.25) is 39.3 Å². The zero-order valence-electron chi connectivity index (χ0n) is 51.4. The Morgan fingerprint density at radius 2 is 0.549 bits per heavy atom. The number of ether oxygens (including phenoxy) is 1. The summed E-state index contributed by atoms with van der Waals surface area (Å²) in [6.45, 7) is 22.5. The molecule has 0 spiro atoms. The zero-order valence-corrected chi connectivity index (χ0v) is 53.4. The lowest BCUT2D eigenvalue weighted by Crippen LogP contribution is -2.28. The van der Waals surface area contributed by atoms with Crippen molar-refractivity contribution in [3.8, 4) is 0 Å². The van der Waals surface area contributed by atoms with Gasteiger partial charge in [0.15, 0.2) is 0 Å². The number of aryl methyl sites for hydroxylation is 2. The second-order valence-electron chi connectivity index (χ2n) is 23.6. The number of fused-ring (bicyclic) bond motifs is 16. The molecular weight excluding hydrogens is 1050 g/mol. The van der Waals surface area contributed by atoms with Crippen LogP contribution in [0.25, 0.3) is 0 Å². The number of hydrogen-bond acceptors (Lipinski definition) is 16. The lowest BCUT2D eigenvalue weighted by molar-refractivity contribution is -0.140. The van der Waals surface area contributed by atoms with E-state index in [1.165, 1.54) is 51.9 Å². The maximum Gasteiger partial charge on any atom is 0.302 e. The minimum atomic E-state index is -1.48. The van der Waals surface area contributed by atoms with E-state index >= 15 is 0 Å². The van der Waals surface area contributed by atoms with Crippen LogP contribution in [0.3, 0.4) is 0 Å². The van der Waals surface area contributed by atoms with Gasteiger partial charge in [-0.2, -0.15) is 0 Å². The molecule has 16 bridgehead atoms. The highest BCUT2D eigenvalue weighted by molar-refractivity contribution is 6.76. The van der Waals surface area contributed by atoms with Gasteiger partial charge in [0.25, 0.3) is 0 Å². The third-order valence-electron chi connectivity index (χ3n) is 14.3. The van der Waals surface area contributed by atoms with Crippen LogP contribution in [-0.4, -0.2) is 115 Å². The van der Waals surface area contributed by atoms with Crippen molar-refractivity contribution in [1.82, 2.24) is 29.9 Å². The van der Waals surface area contributed by atoms with Gasteiger partial charge in [0.1, 0.15) is 69.8 Å². The number of nitrogens with zero attached hydrogens (tertiary/aromatic N) is 14. The average molecular weight is 1140 g/mol. The molecule has 82 heavy (non-hydrogen) atoms. The fourth-order valence-corrected chi connectivity index (χ4v) is 12.9. The van der Waals surface area contributed by atoms with E-state index < -0.39 is 16.1 Å². The molecule has 0 radical (unpaired) electrons. The van der Waals surface area contributed by atoms with Gasteiger partial charge in [0.05, 0.1) is 6.61 Å². The predicted molar refractivity (Wildman–Crippen MR) is 349 cm³/mol. The number of pyridine rings is 6. The molecule has 0 fully saturated rings. The second kappa shape index (κ2) is 24.8. The van der Waals surface area contributed by atoms with Crippen molar-refractivity contribution in [2.75, 3.05) is 102 Å². The van der Waals surface area contributed by atoms with Gasteiger partial charge in [-0.25, -0.2) is 29.9 Å². The third kappa shape index (κ3) is 13.9. The minimum Gasteiger partial charge on any atom is -0.466 e. The molecular formula is C64H82N14O2Si2. The Balaban J connectivity index is 0.000000195. The molecule has 6 aromatic heterocycles. The summed E-state index contributed by atoms with van der Waals surface area (Å²) in [5.74, 6) is 10.00. The highest BCUT2D eigenvalue weighted by atomic mass is 28.3. The molecule has 0 saturated heterocycles. The maximum absolute atomic E-state index is 9.82. The number of aromatic nitrogens is 6. The first-order chi connectivity index (χ1) is 38.8. The fourth-order valence-electron chi connectivity index (χ4n) is 10.1. The number of carbonyl (C=O) groups is 1. The minimum absolute atomic E-state index is 0.211. The van der Waals surface area contributed by atoms with Gasteiger partial charge >= 0.3 is 5.97 Å². The number of hydrogen-bond donors (Lipinski definition) is 0. The highest BCUT2D eigenvalue weighted by Gasteiger charge is 2.28. The first-order valence-electron chi connectivity index (χ1n) is 27.9. The molecule has 0 N–H and O–H groups in total. The second-order valence-corrected chi connectivity index (χ2v) is 34.5. The third-order valence-corrected chi connectivity index (χ3v) is 17.2. The summed E-state index contributed by atoms with van der Waals surface area (Å²) >= 11 is 0. The predicted octanol–water partition coefficient (Wildman–Crippen LogP) is 14.5. The lowest BCUT2D eigenvalue weighted by Gasteiger charge is -2.32. The molecule has 16 nitrogen and oxygen atoms in total. The molecule has 428 valence electrons. The number of benzene rings is 2. The lowest BCUT2D eigenvalue weighted by atomic mass is 10.1. The van der Waals surface area contributed by atoms with Crippen LogP contribution < -0.4 is 39.2 Å². The van der Waals surface area contributed by atoms with E-state index in [-0.39, 0.29) is 5.97 Å². The van der Waals surface area contributed by atoms with Gasteiger partial charge in [-0.3, -0.25) is 4.79 Å². The molecule has 2 aliphatic rings. The SMILES string of the molecule is CCOC(C)=O.Cc1cc2c(C[Si](C)(C)C)c(c1)N(C)c1cccc(n1)N(C)c1cccc(n1)N(C)c1cccc(n1)N2C.Cc1cc2c(C[Si](C)(C)C)c(c1)N(C)c1cccc(n1)N(C)c1cccc(n1)N(C)c1cccc(n1)N2C. The summed E-state index contributed by atoms with van der Waals surface area (Å²) in [5.41, 5.74) is 9.80. The van der Waals surface area contributed by atoms with Gasteiger partial charge < -0.3 is 43.9 Å². The van der Waals surface area contributed by atoms with Crippen LogP contribution in [0.5, 0.6) is 0 Å². The van der Waals surface area contributed by atoms with Crippen LogP contribution in [0.1, 0.15) is 36.1 Å². The van der Waals surface area contributed by atoms with E-state index in [0.717, 1.165) is 81.9 Å². The molecule has 0 amide bonds. The first-order valence-corrected chi connectivity index (χ1v) is 35.3.